The molecule has 1 amide bonds. The molecule has 3 rings (SSSR count). The minimum absolute atomic E-state index is 0.0608. The standard InChI is InChI=1S/C15H18N3O3S/c1-15(2,3)21-14(19)18-7-6-10(8-18)20-12-5-4-11-13(17-12)22-9-16-11/h4-5,10H,6-8H2,1-3H3. The van der Waals surface area contributed by atoms with Gasteiger partial charge in [0.2, 0.25) is 5.88 Å². The molecule has 6 nitrogen and oxygen atoms in total. The van der Waals surface area contributed by atoms with E-state index in [4.69, 9.17) is 9.47 Å². The third kappa shape index (κ3) is 3.47. The summed E-state index contributed by atoms with van der Waals surface area (Å²) in [6.45, 7) is 6.74. The van der Waals surface area contributed by atoms with Crippen molar-refractivity contribution in [1.29, 1.82) is 0 Å². The van der Waals surface area contributed by atoms with Gasteiger partial charge in [-0.05, 0) is 26.8 Å². The lowest BCUT2D eigenvalue weighted by molar-refractivity contribution is 0.0275. The van der Waals surface area contributed by atoms with Gasteiger partial charge in [0.1, 0.15) is 22.1 Å². The minimum Gasteiger partial charge on any atom is -0.472 e. The molecule has 3 heterocycles. The molecule has 2 aromatic rings. The van der Waals surface area contributed by atoms with Gasteiger partial charge in [-0.15, -0.1) is 0 Å². The average molecular weight is 320 g/mol. The number of hydrogen-bond donors (Lipinski definition) is 0. The summed E-state index contributed by atoms with van der Waals surface area (Å²) in [4.78, 5) is 23.0. The lowest BCUT2D eigenvalue weighted by atomic mass is 10.2. The number of likely N-dealkylation sites (tertiary alicyclic amines) is 1. The Bertz CT molecular complexity index is 680. The first-order chi connectivity index (χ1) is 10.4. The Hall–Kier alpha value is -1.89. The van der Waals surface area contributed by atoms with Gasteiger partial charge in [0.05, 0.1) is 6.54 Å². The molecule has 0 saturated carbocycles. The van der Waals surface area contributed by atoms with Crippen LogP contribution < -0.4 is 4.74 Å². The van der Waals surface area contributed by atoms with Crippen molar-refractivity contribution in [2.75, 3.05) is 13.1 Å². The average Bonchev–Trinajstić information content (AvgIpc) is 3.04. The van der Waals surface area contributed by atoms with E-state index in [1.165, 1.54) is 11.3 Å². The SMILES string of the molecule is CC(C)(C)OC(=O)N1CCC(Oc2ccc3n[c]sc3n2)C1. The van der Waals surface area contributed by atoms with E-state index in [1.807, 2.05) is 26.8 Å². The summed E-state index contributed by atoms with van der Waals surface area (Å²) in [5, 5.41) is 0. The van der Waals surface area contributed by atoms with Crippen molar-refractivity contribution in [1.82, 2.24) is 14.9 Å². The third-order valence-corrected chi connectivity index (χ3v) is 3.88. The zero-order valence-corrected chi connectivity index (χ0v) is 13.6. The van der Waals surface area contributed by atoms with Crippen LogP contribution in [0.4, 0.5) is 4.79 Å². The van der Waals surface area contributed by atoms with Gasteiger partial charge >= 0.3 is 6.09 Å². The molecule has 0 spiro atoms. The van der Waals surface area contributed by atoms with Gasteiger partial charge in [0.25, 0.3) is 0 Å². The van der Waals surface area contributed by atoms with E-state index in [1.54, 1.807) is 11.0 Å². The van der Waals surface area contributed by atoms with Gasteiger partial charge in [0.15, 0.2) is 5.51 Å². The minimum atomic E-state index is -0.481. The zero-order chi connectivity index (χ0) is 15.7. The Morgan fingerprint density at radius 3 is 3.05 bits per heavy atom. The number of aromatic nitrogens is 2. The van der Waals surface area contributed by atoms with Crippen LogP contribution >= 0.6 is 11.3 Å². The lowest BCUT2D eigenvalue weighted by Gasteiger charge is -2.24. The fraction of sp³-hybridized carbons (Fsp3) is 0.533. The highest BCUT2D eigenvalue weighted by atomic mass is 32.1. The van der Waals surface area contributed by atoms with Crippen LogP contribution in [0.15, 0.2) is 12.1 Å². The smallest absolute Gasteiger partial charge is 0.410 e. The molecule has 0 aromatic carbocycles. The lowest BCUT2D eigenvalue weighted by Crippen LogP contribution is -2.36. The molecule has 1 aliphatic rings. The summed E-state index contributed by atoms with van der Waals surface area (Å²) in [5.74, 6) is 0.557. The fourth-order valence-electron chi connectivity index (χ4n) is 2.24. The van der Waals surface area contributed by atoms with Gasteiger partial charge in [-0.1, -0.05) is 11.3 Å². The van der Waals surface area contributed by atoms with Crippen molar-refractivity contribution in [3.63, 3.8) is 0 Å². The quantitative estimate of drug-likeness (QED) is 0.851. The van der Waals surface area contributed by atoms with Crippen molar-refractivity contribution in [3.05, 3.63) is 17.6 Å². The number of fused-ring (bicyclic) bond motifs is 1. The summed E-state index contributed by atoms with van der Waals surface area (Å²) in [5.41, 5.74) is 3.14. The maximum absolute atomic E-state index is 12.0. The number of rotatable bonds is 2. The molecule has 22 heavy (non-hydrogen) atoms. The number of nitrogens with zero attached hydrogens (tertiary/aromatic N) is 3. The molecule has 2 aromatic heterocycles. The monoisotopic (exact) mass is 320 g/mol. The first-order valence-corrected chi connectivity index (χ1v) is 8.00. The number of pyridine rings is 1. The van der Waals surface area contributed by atoms with Crippen LogP contribution in [0.2, 0.25) is 0 Å². The van der Waals surface area contributed by atoms with E-state index in [2.05, 4.69) is 15.5 Å². The maximum Gasteiger partial charge on any atom is 0.410 e. The fourth-order valence-corrected chi connectivity index (χ4v) is 2.83. The predicted octanol–water partition coefficient (Wildman–Crippen LogP) is 2.88. The number of ether oxygens (including phenoxy) is 2. The molecule has 0 N–H and O–H groups in total. The Labute approximate surface area is 133 Å². The summed E-state index contributed by atoms with van der Waals surface area (Å²) in [6.07, 6.45) is 0.418. The van der Waals surface area contributed by atoms with Crippen molar-refractivity contribution in [3.8, 4) is 5.88 Å². The van der Waals surface area contributed by atoms with E-state index >= 15 is 0 Å². The Morgan fingerprint density at radius 1 is 1.45 bits per heavy atom. The molecule has 0 aliphatic carbocycles. The van der Waals surface area contributed by atoms with Crippen LogP contribution in [0.3, 0.4) is 0 Å². The molecule has 117 valence electrons. The molecule has 1 fully saturated rings. The predicted molar refractivity (Wildman–Crippen MR) is 83.1 cm³/mol. The van der Waals surface area contributed by atoms with E-state index in [0.717, 1.165) is 16.8 Å². The second kappa shape index (κ2) is 5.72. The second-order valence-corrected chi connectivity index (χ2v) is 7.01. The molecular weight excluding hydrogens is 302 g/mol. The second-order valence-electron chi connectivity index (χ2n) is 6.23. The topological polar surface area (TPSA) is 64.5 Å². The molecular formula is C15H18N3O3S. The molecule has 7 heteroatoms. The van der Waals surface area contributed by atoms with E-state index in [9.17, 15) is 4.79 Å². The Morgan fingerprint density at radius 2 is 2.27 bits per heavy atom. The highest BCUT2D eigenvalue weighted by Gasteiger charge is 2.31. The van der Waals surface area contributed by atoms with Crippen LogP contribution in [-0.2, 0) is 4.74 Å². The number of carbonyl (C=O) groups is 1. The number of thiazole rings is 1. The van der Waals surface area contributed by atoms with Gasteiger partial charge < -0.3 is 14.4 Å². The number of hydrogen-bond acceptors (Lipinski definition) is 6. The third-order valence-electron chi connectivity index (χ3n) is 3.21. The van der Waals surface area contributed by atoms with E-state index < -0.39 is 5.60 Å². The van der Waals surface area contributed by atoms with Crippen LogP contribution in [0, 0.1) is 5.51 Å². The van der Waals surface area contributed by atoms with E-state index in [0.29, 0.717) is 19.0 Å². The van der Waals surface area contributed by atoms with Gasteiger partial charge in [-0.2, -0.15) is 0 Å². The highest BCUT2D eigenvalue weighted by molar-refractivity contribution is 7.15. The molecule has 1 saturated heterocycles. The van der Waals surface area contributed by atoms with Gasteiger partial charge in [-0.25, -0.2) is 14.8 Å². The first kappa shape index (κ1) is 15.0. The van der Waals surface area contributed by atoms with E-state index in [-0.39, 0.29) is 12.2 Å². The first-order valence-electron chi connectivity index (χ1n) is 7.19. The van der Waals surface area contributed by atoms with Crippen molar-refractivity contribution >= 4 is 27.8 Å². The van der Waals surface area contributed by atoms with Crippen LogP contribution in [0.5, 0.6) is 5.88 Å². The largest absolute Gasteiger partial charge is 0.472 e. The normalized spacial score (nSPS) is 18.7. The van der Waals surface area contributed by atoms with Gasteiger partial charge in [0, 0.05) is 19.0 Å². The van der Waals surface area contributed by atoms with Crippen LogP contribution in [0.1, 0.15) is 27.2 Å². The number of amides is 1. The molecule has 0 bridgehead atoms. The van der Waals surface area contributed by atoms with Gasteiger partial charge in [-0.3, -0.25) is 0 Å². The molecule has 1 atom stereocenters. The molecule has 1 aliphatic heterocycles. The van der Waals surface area contributed by atoms with Crippen LogP contribution in [0.25, 0.3) is 10.3 Å². The Balaban J connectivity index is 1.59. The van der Waals surface area contributed by atoms with Crippen molar-refractivity contribution in [2.24, 2.45) is 0 Å². The summed E-state index contributed by atoms with van der Waals surface area (Å²) in [7, 11) is 0. The zero-order valence-electron chi connectivity index (χ0n) is 12.8. The van der Waals surface area contributed by atoms with Crippen LogP contribution in [-0.4, -0.2) is 45.8 Å². The Kier molecular flexibility index (Phi) is 3.90. The van der Waals surface area contributed by atoms with Crippen molar-refractivity contribution < 1.29 is 14.3 Å². The molecule has 1 radical (unpaired) electrons. The number of carbonyl (C=O) groups excluding carboxylic acids is 1. The summed E-state index contributed by atoms with van der Waals surface area (Å²) in [6, 6.07) is 3.66. The summed E-state index contributed by atoms with van der Waals surface area (Å²) < 4.78 is 11.2. The highest BCUT2D eigenvalue weighted by Crippen LogP contribution is 2.22. The molecule has 1 unspecified atom stereocenters. The maximum atomic E-state index is 12.0. The summed E-state index contributed by atoms with van der Waals surface area (Å²) >= 11 is 1.36. The van der Waals surface area contributed by atoms with Crippen molar-refractivity contribution in [2.45, 2.75) is 38.9 Å².